The van der Waals surface area contributed by atoms with E-state index in [-0.39, 0.29) is 24.6 Å². The van der Waals surface area contributed by atoms with Crippen LogP contribution < -0.4 is 19.9 Å². The molecule has 0 aliphatic carbocycles. The molecule has 1 heterocycles. The summed E-state index contributed by atoms with van der Waals surface area (Å²) in [5, 5.41) is 2.54. The Kier molecular flexibility index (Phi) is 5.91. The first-order chi connectivity index (χ1) is 14.1. The van der Waals surface area contributed by atoms with Gasteiger partial charge in [-0.05, 0) is 37.3 Å². The van der Waals surface area contributed by atoms with Gasteiger partial charge in [-0.15, -0.1) is 0 Å². The molecule has 160 valence electrons. The molecule has 1 N–H and O–H groups in total. The molecule has 0 spiro atoms. The number of anilines is 3. The van der Waals surface area contributed by atoms with E-state index < -0.39 is 23.8 Å². The fourth-order valence-corrected chi connectivity index (χ4v) is 3.22. The number of ether oxygens (including phenoxy) is 1. The van der Waals surface area contributed by atoms with Crippen LogP contribution in [0.15, 0.2) is 42.5 Å². The summed E-state index contributed by atoms with van der Waals surface area (Å²) in [5.74, 6) is -0.241. The third kappa shape index (κ3) is 4.50. The number of carbonyl (C=O) groups excluding carboxylic acids is 2. The van der Waals surface area contributed by atoms with Gasteiger partial charge in [0.1, 0.15) is 5.75 Å². The van der Waals surface area contributed by atoms with Gasteiger partial charge in [-0.2, -0.15) is 13.2 Å². The molecule has 2 aromatic rings. The Morgan fingerprint density at radius 3 is 2.57 bits per heavy atom. The van der Waals surface area contributed by atoms with E-state index in [1.54, 1.807) is 50.2 Å². The van der Waals surface area contributed by atoms with Crippen LogP contribution in [-0.4, -0.2) is 38.6 Å². The zero-order valence-corrected chi connectivity index (χ0v) is 16.8. The lowest BCUT2D eigenvalue weighted by molar-refractivity contribution is -0.137. The highest BCUT2D eigenvalue weighted by atomic mass is 19.4. The van der Waals surface area contributed by atoms with Crippen LogP contribution in [0.3, 0.4) is 0 Å². The lowest BCUT2D eigenvalue weighted by Crippen LogP contribution is -2.45. The van der Waals surface area contributed by atoms with Crippen molar-refractivity contribution < 1.29 is 27.5 Å². The Morgan fingerprint density at radius 2 is 1.90 bits per heavy atom. The van der Waals surface area contributed by atoms with Crippen LogP contribution in [0.2, 0.25) is 0 Å². The number of hydrogen-bond donors (Lipinski definition) is 1. The first kappa shape index (κ1) is 21.5. The topological polar surface area (TPSA) is 61.9 Å². The molecule has 1 aliphatic heterocycles. The summed E-state index contributed by atoms with van der Waals surface area (Å²) >= 11 is 0. The minimum atomic E-state index is -4.52. The first-order valence-corrected chi connectivity index (χ1v) is 9.33. The van der Waals surface area contributed by atoms with Gasteiger partial charge in [-0.25, -0.2) is 0 Å². The molecule has 1 unspecified atom stereocenters. The number of nitrogens with zero attached hydrogens (tertiary/aromatic N) is 2. The van der Waals surface area contributed by atoms with E-state index in [4.69, 9.17) is 4.74 Å². The van der Waals surface area contributed by atoms with Crippen molar-refractivity contribution in [2.24, 2.45) is 0 Å². The number of rotatable bonds is 5. The van der Waals surface area contributed by atoms with Crippen LogP contribution in [0.4, 0.5) is 30.2 Å². The van der Waals surface area contributed by atoms with Gasteiger partial charge in [0.05, 0.1) is 22.6 Å². The summed E-state index contributed by atoms with van der Waals surface area (Å²) in [6.07, 6.45) is -5.30. The summed E-state index contributed by atoms with van der Waals surface area (Å²) < 4.78 is 44.8. The monoisotopic (exact) mass is 421 g/mol. The van der Waals surface area contributed by atoms with E-state index >= 15 is 0 Å². The minimum absolute atomic E-state index is 0.0573. The number of fused-ring (bicyclic) bond motifs is 1. The third-order valence-corrected chi connectivity index (χ3v) is 4.72. The molecule has 6 nitrogen and oxygen atoms in total. The molecule has 9 heteroatoms. The molecule has 0 saturated heterocycles. The quantitative estimate of drug-likeness (QED) is 0.795. The van der Waals surface area contributed by atoms with Crippen LogP contribution in [0.25, 0.3) is 0 Å². The van der Waals surface area contributed by atoms with E-state index in [0.717, 1.165) is 12.1 Å². The molecule has 0 radical (unpaired) electrons. The predicted octanol–water partition coefficient (Wildman–Crippen LogP) is 3.91. The second kappa shape index (κ2) is 8.25. The number of nitrogens with one attached hydrogen (secondary N) is 1. The molecule has 3 rings (SSSR count). The van der Waals surface area contributed by atoms with E-state index in [0.29, 0.717) is 17.1 Å². The van der Waals surface area contributed by atoms with E-state index in [2.05, 4.69) is 5.32 Å². The number of carbonyl (C=O) groups is 2. The maximum atomic E-state index is 13.1. The molecule has 2 aromatic carbocycles. The minimum Gasteiger partial charge on any atom is -0.479 e. The van der Waals surface area contributed by atoms with Crippen molar-refractivity contribution in [3.8, 4) is 5.75 Å². The van der Waals surface area contributed by atoms with Gasteiger partial charge in [-0.1, -0.05) is 12.1 Å². The average Bonchev–Trinajstić information content (AvgIpc) is 2.67. The van der Waals surface area contributed by atoms with Gasteiger partial charge in [0.2, 0.25) is 5.91 Å². The molecule has 0 aromatic heterocycles. The zero-order chi connectivity index (χ0) is 22.1. The van der Waals surface area contributed by atoms with Crippen LogP contribution in [0, 0.1) is 0 Å². The highest BCUT2D eigenvalue weighted by Gasteiger charge is 2.32. The number of para-hydroxylation sites is 2. The van der Waals surface area contributed by atoms with Crippen LogP contribution in [0.5, 0.6) is 5.75 Å². The van der Waals surface area contributed by atoms with Gasteiger partial charge >= 0.3 is 6.18 Å². The maximum Gasteiger partial charge on any atom is 0.416 e. The number of amides is 2. The number of alkyl halides is 3. The number of halogens is 3. The van der Waals surface area contributed by atoms with Crippen LogP contribution in [-0.2, 0) is 15.8 Å². The predicted molar refractivity (Wildman–Crippen MR) is 108 cm³/mol. The summed E-state index contributed by atoms with van der Waals surface area (Å²) in [5.41, 5.74) is 0.204. The van der Waals surface area contributed by atoms with Gasteiger partial charge in [0.15, 0.2) is 6.10 Å². The van der Waals surface area contributed by atoms with Crippen LogP contribution >= 0.6 is 0 Å². The Hall–Kier alpha value is -3.23. The lowest BCUT2D eigenvalue weighted by Gasteiger charge is -2.32. The number of hydrogen-bond acceptors (Lipinski definition) is 4. The maximum absolute atomic E-state index is 13.1. The second-order valence-electron chi connectivity index (χ2n) is 7.14. The van der Waals surface area contributed by atoms with Crippen molar-refractivity contribution in [2.45, 2.75) is 25.6 Å². The molecule has 1 aliphatic rings. The Bertz CT molecular complexity index is 960. The highest BCUT2D eigenvalue weighted by molar-refractivity contribution is 6.01. The van der Waals surface area contributed by atoms with E-state index in [1.807, 2.05) is 0 Å². The zero-order valence-electron chi connectivity index (χ0n) is 16.8. The van der Waals surface area contributed by atoms with Crippen molar-refractivity contribution in [3.63, 3.8) is 0 Å². The Morgan fingerprint density at radius 1 is 1.20 bits per heavy atom. The molecule has 0 bridgehead atoms. The Labute approximate surface area is 172 Å². The largest absolute Gasteiger partial charge is 0.479 e. The number of benzene rings is 2. The second-order valence-corrected chi connectivity index (χ2v) is 7.14. The first-order valence-electron chi connectivity index (χ1n) is 9.33. The van der Waals surface area contributed by atoms with E-state index in [1.165, 1.54) is 11.0 Å². The molecule has 30 heavy (non-hydrogen) atoms. The summed E-state index contributed by atoms with van der Waals surface area (Å²) in [7, 11) is 3.34. The fourth-order valence-electron chi connectivity index (χ4n) is 3.22. The fraction of sp³-hybridized carbons (Fsp3) is 0.333. The summed E-state index contributed by atoms with van der Waals surface area (Å²) in [6.45, 7) is 1.70. The van der Waals surface area contributed by atoms with Crippen molar-refractivity contribution in [1.29, 1.82) is 0 Å². The highest BCUT2D eigenvalue weighted by Crippen LogP contribution is 2.36. The Balaban J connectivity index is 1.76. The standard InChI is InChI=1S/C21H22F3N3O3/c1-13-20(29)27(17-6-4-5-7-18(17)30-13)11-10-19(28)25-15-12-14(21(22,23)24)8-9-16(15)26(2)3/h4-9,12-13H,10-11H2,1-3H3,(H,25,28). The van der Waals surface area contributed by atoms with Gasteiger partial charge < -0.3 is 19.9 Å². The van der Waals surface area contributed by atoms with Crippen molar-refractivity contribution in [1.82, 2.24) is 0 Å². The normalized spacial score (nSPS) is 16.0. The van der Waals surface area contributed by atoms with Crippen molar-refractivity contribution in [3.05, 3.63) is 48.0 Å². The molecule has 2 amide bonds. The molecule has 0 fully saturated rings. The smallest absolute Gasteiger partial charge is 0.416 e. The summed E-state index contributed by atoms with van der Waals surface area (Å²) in [4.78, 5) is 28.1. The van der Waals surface area contributed by atoms with E-state index in [9.17, 15) is 22.8 Å². The van der Waals surface area contributed by atoms with Crippen LogP contribution in [0.1, 0.15) is 18.9 Å². The summed E-state index contributed by atoms with van der Waals surface area (Å²) in [6, 6.07) is 10.2. The van der Waals surface area contributed by atoms with Gasteiger partial charge in [0.25, 0.3) is 5.91 Å². The van der Waals surface area contributed by atoms with Crippen molar-refractivity contribution >= 4 is 28.9 Å². The van der Waals surface area contributed by atoms with Gasteiger partial charge in [0, 0.05) is 27.1 Å². The SMILES string of the molecule is CC1Oc2ccccc2N(CCC(=O)Nc2cc(C(F)(F)F)ccc2N(C)C)C1=O. The lowest BCUT2D eigenvalue weighted by atomic mass is 10.1. The van der Waals surface area contributed by atoms with Crippen molar-refractivity contribution in [2.75, 3.05) is 35.8 Å². The van der Waals surface area contributed by atoms with Gasteiger partial charge in [-0.3, -0.25) is 9.59 Å². The molecule has 0 saturated carbocycles. The molecule has 1 atom stereocenters. The molecular weight excluding hydrogens is 399 g/mol. The molecular formula is C21H22F3N3O3. The third-order valence-electron chi connectivity index (χ3n) is 4.72. The average molecular weight is 421 g/mol.